The molecule has 1 N–H and O–H groups in total. The van der Waals surface area contributed by atoms with Gasteiger partial charge in [-0.3, -0.25) is 0 Å². The van der Waals surface area contributed by atoms with Gasteiger partial charge in [-0.25, -0.2) is 0 Å². The van der Waals surface area contributed by atoms with Crippen LogP contribution in [0.5, 0.6) is 0 Å². The van der Waals surface area contributed by atoms with E-state index in [-0.39, 0.29) is 0 Å². The molecule has 0 amide bonds. The molecular weight excluding hydrogens is 599 g/mol. The molecule has 0 radical (unpaired) electrons. The lowest BCUT2D eigenvalue weighted by molar-refractivity contribution is 1.56. The molecule has 0 aliphatic rings. The zero-order chi connectivity index (χ0) is 31.9. The van der Waals surface area contributed by atoms with E-state index in [2.05, 4.69) is 187 Å². The Morgan fingerprint density at radius 1 is 0.333 bits per heavy atom. The molecule has 0 aliphatic heterocycles. The minimum Gasteiger partial charge on any atom is -0.354 e. The molecule has 0 atom stereocenters. The lowest BCUT2D eigenvalue weighted by Crippen LogP contribution is -1.90. The van der Waals surface area contributed by atoms with Crippen molar-refractivity contribution < 1.29 is 0 Å². The number of hydrogen-bond donors (Lipinski definition) is 1. The molecule has 0 aliphatic carbocycles. The Hall–Kier alpha value is -5.96. The van der Waals surface area contributed by atoms with Gasteiger partial charge in [0.15, 0.2) is 0 Å². The first-order chi connectivity index (χ1) is 23.8. The van der Waals surface area contributed by atoms with E-state index in [4.69, 9.17) is 0 Å². The Kier molecular flexibility index (Phi) is 7.07. The van der Waals surface area contributed by atoms with Gasteiger partial charge in [0.1, 0.15) is 0 Å². The second-order valence-electron chi connectivity index (χ2n) is 12.2. The molecule has 1 aromatic heterocycles. The quantitative estimate of drug-likeness (QED) is 0.193. The summed E-state index contributed by atoms with van der Waals surface area (Å²) >= 11 is 1.84. The van der Waals surface area contributed by atoms with Gasteiger partial charge in [-0.1, -0.05) is 158 Å². The molecule has 226 valence electrons. The van der Waals surface area contributed by atoms with Crippen LogP contribution in [0.4, 0.5) is 11.4 Å². The van der Waals surface area contributed by atoms with Crippen LogP contribution in [0.25, 0.3) is 75.5 Å². The highest BCUT2D eigenvalue weighted by Gasteiger charge is 2.10. The van der Waals surface area contributed by atoms with E-state index < -0.39 is 0 Å². The molecule has 0 spiro atoms. The molecule has 1 heterocycles. The summed E-state index contributed by atoms with van der Waals surface area (Å²) in [5.41, 5.74) is 12.0. The van der Waals surface area contributed by atoms with E-state index >= 15 is 0 Å². The number of hydrogen-bond acceptors (Lipinski definition) is 2. The van der Waals surface area contributed by atoms with Gasteiger partial charge in [-0.15, -0.1) is 11.3 Å². The summed E-state index contributed by atoms with van der Waals surface area (Å²) in [6.07, 6.45) is 0. The maximum Gasteiger partial charge on any atom is 0.0590 e. The molecule has 0 saturated carbocycles. The lowest BCUT2D eigenvalue weighted by atomic mass is 9.95. The highest BCUT2D eigenvalue weighted by molar-refractivity contribution is 7.26. The van der Waals surface area contributed by atoms with Crippen molar-refractivity contribution >= 4 is 53.7 Å². The van der Waals surface area contributed by atoms with Gasteiger partial charge >= 0.3 is 0 Å². The second kappa shape index (κ2) is 12.0. The van der Waals surface area contributed by atoms with Crippen molar-refractivity contribution in [3.8, 4) is 44.5 Å². The molecule has 0 bridgehead atoms. The standard InChI is InChI=1S/C46H31NS/c1-2-9-40-37(7-1)8-5-11-41(40)38-25-23-35(24-26-38)33-17-15-31(16-18-33)32-19-21-34(22-20-32)36-27-29-39(30-28-36)47-44-13-6-12-43-42-10-3-4-14-45(42)48-46(43)44/h1-30,47H. The van der Waals surface area contributed by atoms with E-state index in [0.717, 1.165) is 11.4 Å². The summed E-state index contributed by atoms with van der Waals surface area (Å²) in [4.78, 5) is 0. The Morgan fingerprint density at radius 2 is 0.792 bits per heavy atom. The van der Waals surface area contributed by atoms with Gasteiger partial charge in [0.25, 0.3) is 0 Å². The topological polar surface area (TPSA) is 12.0 Å². The van der Waals surface area contributed by atoms with Crippen LogP contribution in [-0.4, -0.2) is 0 Å². The van der Waals surface area contributed by atoms with E-state index in [1.165, 1.54) is 75.5 Å². The van der Waals surface area contributed by atoms with Crippen LogP contribution in [0.1, 0.15) is 0 Å². The Bertz CT molecular complexity index is 2540. The van der Waals surface area contributed by atoms with E-state index in [1.807, 2.05) is 11.3 Å². The lowest BCUT2D eigenvalue weighted by Gasteiger charge is -2.10. The zero-order valence-electron chi connectivity index (χ0n) is 26.2. The number of benzene rings is 8. The van der Waals surface area contributed by atoms with Gasteiger partial charge in [-0.05, 0) is 79.5 Å². The minimum atomic E-state index is 1.09. The highest BCUT2D eigenvalue weighted by Crippen LogP contribution is 2.39. The van der Waals surface area contributed by atoms with Crippen molar-refractivity contribution in [2.45, 2.75) is 0 Å². The SMILES string of the molecule is c1ccc2c(-c3ccc(-c4ccc(-c5ccc(-c6ccc(Nc7cccc8c7sc7ccccc78)cc6)cc5)cc4)cc3)cccc2c1. The van der Waals surface area contributed by atoms with Gasteiger partial charge < -0.3 is 5.32 Å². The van der Waals surface area contributed by atoms with Gasteiger partial charge in [0.2, 0.25) is 0 Å². The summed E-state index contributed by atoms with van der Waals surface area (Å²) in [6.45, 7) is 0. The predicted molar refractivity (Wildman–Crippen MR) is 208 cm³/mol. The number of thiophene rings is 1. The van der Waals surface area contributed by atoms with E-state index in [0.29, 0.717) is 0 Å². The van der Waals surface area contributed by atoms with Gasteiger partial charge in [0, 0.05) is 21.2 Å². The average Bonchev–Trinajstić information content (AvgIpc) is 3.55. The molecule has 0 unspecified atom stereocenters. The van der Waals surface area contributed by atoms with Crippen molar-refractivity contribution in [3.05, 3.63) is 182 Å². The van der Waals surface area contributed by atoms with Crippen LogP contribution in [0.15, 0.2) is 182 Å². The first-order valence-corrected chi connectivity index (χ1v) is 17.2. The smallest absolute Gasteiger partial charge is 0.0590 e. The summed E-state index contributed by atoms with van der Waals surface area (Å²) in [6, 6.07) is 65.7. The average molecular weight is 630 g/mol. The zero-order valence-corrected chi connectivity index (χ0v) is 27.0. The second-order valence-corrected chi connectivity index (χ2v) is 13.3. The summed E-state index contributed by atoms with van der Waals surface area (Å²) in [5.74, 6) is 0. The molecule has 0 saturated heterocycles. The Balaban J connectivity index is 0.896. The molecule has 8 aromatic carbocycles. The van der Waals surface area contributed by atoms with Crippen LogP contribution >= 0.6 is 11.3 Å². The van der Waals surface area contributed by atoms with Crippen molar-refractivity contribution in [1.29, 1.82) is 0 Å². The minimum absolute atomic E-state index is 1.09. The molecular formula is C46H31NS. The summed E-state index contributed by atoms with van der Waals surface area (Å²) in [5, 5.41) is 8.84. The van der Waals surface area contributed by atoms with Crippen molar-refractivity contribution in [1.82, 2.24) is 0 Å². The van der Waals surface area contributed by atoms with Crippen LogP contribution < -0.4 is 5.32 Å². The van der Waals surface area contributed by atoms with E-state index in [1.54, 1.807) is 0 Å². The highest BCUT2D eigenvalue weighted by atomic mass is 32.1. The fourth-order valence-corrected chi connectivity index (χ4v) is 7.95. The largest absolute Gasteiger partial charge is 0.354 e. The van der Waals surface area contributed by atoms with Crippen LogP contribution in [0, 0.1) is 0 Å². The van der Waals surface area contributed by atoms with Crippen molar-refractivity contribution in [2.24, 2.45) is 0 Å². The first-order valence-electron chi connectivity index (χ1n) is 16.3. The molecule has 9 aromatic rings. The van der Waals surface area contributed by atoms with E-state index in [9.17, 15) is 0 Å². The number of anilines is 2. The predicted octanol–water partition coefficient (Wildman–Crippen LogP) is 13.6. The summed E-state index contributed by atoms with van der Waals surface area (Å²) in [7, 11) is 0. The normalized spacial score (nSPS) is 11.3. The van der Waals surface area contributed by atoms with Crippen molar-refractivity contribution in [3.63, 3.8) is 0 Å². The fourth-order valence-electron chi connectivity index (χ4n) is 6.78. The Morgan fingerprint density at radius 3 is 1.42 bits per heavy atom. The third-order valence-corrected chi connectivity index (χ3v) is 10.5. The van der Waals surface area contributed by atoms with Crippen LogP contribution in [-0.2, 0) is 0 Å². The summed E-state index contributed by atoms with van der Waals surface area (Å²) < 4.78 is 2.61. The monoisotopic (exact) mass is 629 g/mol. The molecule has 2 heteroatoms. The van der Waals surface area contributed by atoms with Crippen molar-refractivity contribution in [2.75, 3.05) is 5.32 Å². The van der Waals surface area contributed by atoms with Gasteiger partial charge in [-0.2, -0.15) is 0 Å². The molecule has 1 nitrogen and oxygen atoms in total. The fraction of sp³-hybridized carbons (Fsp3) is 0. The maximum absolute atomic E-state index is 3.66. The number of fused-ring (bicyclic) bond motifs is 4. The first kappa shape index (κ1) is 28.3. The third-order valence-electron chi connectivity index (χ3n) is 9.32. The Labute approximate surface area is 284 Å². The molecule has 9 rings (SSSR count). The molecule has 0 fully saturated rings. The van der Waals surface area contributed by atoms with Crippen LogP contribution in [0.3, 0.4) is 0 Å². The number of rotatable bonds is 6. The van der Waals surface area contributed by atoms with Crippen LogP contribution in [0.2, 0.25) is 0 Å². The maximum atomic E-state index is 3.66. The molecule has 48 heavy (non-hydrogen) atoms. The third kappa shape index (κ3) is 5.23. The van der Waals surface area contributed by atoms with Gasteiger partial charge in [0.05, 0.1) is 10.4 Å². The number of nitrogens with one attached hydrogen (secondary N) is 1.